The van der Waals surface area contributed by atoms with Crippen LogP contribution in [-0.4, -0.2) is 5.11 Å². The summed E-state index contributed by atoms with van der Waals surface area (Å²) in [6.45, 7) is 2.09. The van der Waals surface area contributed by atoms with Gasteiger partial charge in [-0.15, -0.1) is 0 Å². The molecule has 1 rings (SSSR count). The van der Waals surface area contributed by atoms with Crippen LogP contribution in [0.3, 0.4) is 0 Å². The van der Waals surface area contributed by atoms with Gasteiger partial charge in [0, 0.05) is 16.6 Å². The van der Waals surface area contributed by atoms with Crippen molar-refractivity contribution in [3.8, 4) is 5.75 Å². The smallest absolute Gasteiger partial charge is 0.139 e. The molecule has 0 saturated heterocycles. The molecule has 0 aliphatic heterocycles. The largest absolute Gasteiger partial charge is 0.506 e. The number of aromatic hydroxyl groups is 1. The topological polar surface area (TPSA) is 46.2 Å². The molecule has 0 spiro atoms. The molecule has 0 fully saturated rings. The van der Waals surface area contributed by atoms with Gasteiger partial charge in [0.15, 0.2) is 0 Å². The molecule has 1 aromatic rings. The molecular weight excluding hydrogens is 233 g/mol. The van der Waals surface area contributed by atoms with Gasteiger partial charge in [0.25, 0.3) is 0 Å². The second-order valence-corrected chi connectivity index (χ2v) is 4.42. The van der Waals surface area contributed by atoms with Crippen LogP contribution < -0.4 is 5.73 Å². The number of nitrogens with two attached hydrogens (primary N) is 1. The average molecular weight is 248 g/mol. The monoisotopic (exact) mass is 247 g/mol. The van der Waals surface area contributed by atoms with Crippen molar-refractivity contribution in [3.63, 3.8) is 0 Å². The molecule has 2 nitrogen and oxygen atoms in total. The van der Waals surface area contributed by atoms with Crippen molar-refractivity contribution in [3.05, 3.63) is 27.7 Å². The maximum Gasteiger partial charge on any atom is 0.139 e. The molecule has 0 heterocycles. The van der Waals surface area contributed by atoms with Crippen LogP contribution in [-0.2, 0) is 0 Å². The molecule has 1 aromatic carbocycles. The minimum Gasteiger partial charge on any atom is -0.506 e. The first-order chi connectivity index (χ1) is 7.06. The highest BCUT2D eigenvalue weighted by atomic mass is 35.5. The molecular formula is C11H15Cl2NO. The SMILES string of the molecule is CCCC[C@@H](N)c1cc(Cl)cc(Cl)c1O. The second kappa shape index (κ2) is 5.59. The highest BCUT2D eigenvalue weighted by Crippen LogP contribution is 2.35. The molecule has 0 amide bonds. The second-order valence-electron chi connectivity index (χ2n) is 3.57. The average Bonchev–Trinajstić information content (AvgIpc) is 2.19. The lowest BCUT2D eigenvalue weighted by atomic mass is 10.0. The quantitative estimate of drug-likeness (QED) is 0.849. The zero-order valence-corrected chi connectivity index (χ0v) is 10.1. The van der Waals surface area contributed by atoms with Crippen molar-refractivity contribution in [2.75, 3.05) is 0 Å². The van der Waals surface area contributed by atoms with E-state index >= 15 is 0 Å². The van der Waals surface area contributed by atoms with Crippen LogP contribution in [0.15, 0.2) is 12.1 Å². The van der Waals surface area contributed by atoms with Crippen LogP contribution >= 0.6 is 23.2 Å². The Kier molecular flexibility index (Phi) is 4.71. The summed E-state index contributed by atoms with van der Waals surface area (Å²) in [5.74, 6) is 0.0460. The van der Waals surface area contributed by atoms with Crippen molar-refractivity contribution in [2.45, 2.75) is 32.2 Å². The van der Waals surface area contributed by atoms with Gasteiger partial charge < -0.3 is 10.8 Å². The molecule has 0 aliphatic rings. The fraction of sp³-hybridized carbons (Fsp3) is 0.455. The van der Waals surface area contributed by atoms with E-state index in [2.05, 4.69) is 6.92 Å². The Labute approximate surface area is 100.0 Å². The van der Waals surface area contributed by atoms with E-state index in [1.54, 1.807) is 6.07 Å². The number of hydrogen-bond acceptors (Lipinski definition) is 2. The summed E-state index contributed by atoms with van der Waals surface area (Å²) in [5.41, 5.74) is 6.57. The van der Waals surface area contributed by atoms with E-state index in [0.29, 0.717) is 10.6 Å². The van der Waals surface area contributed by atoms with E-state index in [1.807, 2.05) is 0 Å². The summed E-state index contributed by atoms with van der Waals surface area (Å²) >= 11 is 11.7. The molecule has 1 atom stereocenters. The molecule has 4 heteroatoms. The minimum absolute atomic E-state index is 0.0460. The van der Waals surface area contributed by atoms with Gasteiger partial charge in [-0.05, 0) is 18.6 Å². The van der Waals surface area contributed by atoms with E-state index < -0.39 is 0 Å². The summed E-state index contributed by atoms with van der Waals surface area (Å²) in [7, 11) is 0. The standard InChI is InChI=1S/C11H15Cl2NO/c1-2-3-4-10(14)8-5-7(12)6-9(13)11(8)15/h5-6,10,15H,2-4,14H2,1H3/t10-/m1/s1. The van der Waals surface area contributed by atoms with Gasteiger partial charge in [0.05, 0.1) is 5.02 Å². The van der Waals surface area contributed by atoms with Gasteiger partial charge in [-0.3, -0.25) is 0 Å². The lowest BCUT2D eigenvalue weighted by Crippen LogP contribution is -2.10. The molecule has 3 N–H and O–H groups in total. The summed E-state index contributed by atoms with van der Waals surface area (Å²) in [6, 6.07) is 2.97. The van der Waals surface area contributed by atoms with Crippen molar-refractivity contribution in [2.24, 2.45) is 5.73 Å². The Bertz CT molecular complexity index is 342. The number of halogens is 2. The lowest BCUT2D eigenvalue weighted by molar-refractivity contribution is 0.457. The van der Waals surface area contributed by atoms with Crippen molar-refractivity contribution in [1.82, 2.24) is 0 Å². The van der Waals surface area contributed by atoms with Crippen LogP contribution in [0.25, 0.3) is 0 Å². The van der Waals surface area contributed by atoms with E-state index in [1.165, 1.54) is 6.07 Å². The zero-order chi connectivity index (χ0) is 11.4. The highest BCUT2D eigenvalue weighted by Gasteiger charge is 2.14. The van der Waals surface area contributed by atoms with E-state index in [0.717, 1.165) is 19.3 Å². The fourth-order valence-electron chi connectivity index (χ4n) is 1.45. The third kappa shape index (κ3) is 3.26. The minimum atomic E-state index is -0.207. The highest BCUT2D eigenvalue weighted by molar-refractivity contribution is 6.35. The number of phenols is 1. The number of benzene rings is 1. The zero-order valence-electron chi connectivity index (χ0n) is 8.63. The van der Waals surface area contributed by atoms with Gasteiger partial charge in [-0.2, -0.15) is 0 Å². The summed E-state index contributed by atoms with van der Waals surface area (Å²) in [6.07, 6.45) is 2.91. The van der Waals surface area contributed by atoms with Gasteiger partial charge in [-0.25, -0.2) is 0 Å². The van der Waals surface area contributed by atoms with Crippen LogP contribution in [0.2, 0.25) is 10.0 Å². The maximum atomic E-state index is 9.72. The Balaban J connectivity index is 2.92. The first-order valence-corrected chi connectivity index (χ1v) is 5.75. The number of unbranched alkanes of at least 4 members (excludes halogenated alkanes) is 1. The number of rotatable bonds is 4. The van der Waals surface area contributed by atoms with E-state index in [-0.39, 0.29) is 16.8 Å². The van der Waals surface area contributed by atoms with Crippen molar-refractivity contribution in [1.29, 1.82) is 0 Å². The van der Waals surface area contributed by atoms with Crippen LogP contribution in [0.5, 0.6) is 5.75 Å². The molecule has 15 heavy (non-hydrogen) atoms. The van der Waals surface area contributed by atoms with Crippen LogP contribution in [0.4, 0.5) is 0 Å². The third-order valence-corrected chi connectivity index (χ3v) is 2.83. The van der Waals surface area contributed by atoms with Crippen LogP contribution in [0, 0.1) is 0 Å². The number of hydrogen-bond donors (Lipinski definition) is 2. The fourth-order valence-corrected chi connectivity index (χ4v) is 1.96. The first kappa shape index (κ1) is 12.6. The maximum absolute atomic E-state index is 9.72. The van der Waals surface area contributed by atoms with Crippen molar-refractivity contribution < 1.29 is 5.11 Å². The molecule has 0 aromatic heterocycles. The molecule has 84 valence electrons. The third-order valence-electron chi connectivity index (χ3n) is 2.33. The number of phenolic OH excluding ortho intramolecular Hbond substituents is 1. The normalized spacial score (nSPS) is 12.8. The van der Waals surface area contributed by atoms with Crippen LogP contribution in [0.1, 0.15) is 37.8 Å². The molecule has 0 bridgehead atoms. The van der Waals surface area contributed by atoms with Gasteiger partial charge >= 0.3 is 0 Å². The van der Waals surface area contributed by atoms with E-state index in [4.69, 9.17) is 28.9 Å². The summed E-state index contributed by atoms with van der Waals surface area (Å²) in [4.78, 5) is 0. The molecule has 0 saturated carbocycles. The Morgan fingerprint density at radius 1 is 1.40 bits per heavy atom. The molecule has 0 unspecified atom stereocenters. The Morgan fingerprint density at radius 2 is 2.07 bits per heavy atom. The summed E-state index contributed by atoms with van der Waals surface area (Å²) in [5, 5.41) is 10.5. The van der Waals surface area contributed by atoms with E-state index in [9.17, 15) is 5.11 Å². The lowest BCUT2D eigenvalue weighted by Gasteiger charge is -2.14. The molecule has 0 aliphatic carbocycles. The summed E-state index contributed by atoms with van der Waals surface area (Å²) < 4.78 is 0. The van der Waals surface area contributed by atoms with Gasteiger partial charge in [-0.1, -0.05) is 43.0 Å². The van der Waals surface area contributed by atoms with Gasteiger partial charge in [0.2, 0.25) is 0 Å². The predicted octanol–water partition coefficient (Wildman–Crippen LogP) is 3.89. The van der Waals surface area contributed by atoms with Gasteiger partial charge in [0.1, 0.15) is 5.75 Å². The predicted molar refractivity (Wildman–Crippen MR) is 64.6 cm³/mol. The molecule has 0 radical (unpaired) electrons. The van der Waals surface area contributed by atoms with Crippen molar-refractivity contribution >= 4 is 23.2 Å². The Morgan fingerprint density at radius 3 is 2.67 bits per heavy atom. The Hall–Kier alpha value is -0.440. The first-order valence-electron chi connectivity index (χ1n) is 4.99.